The summed E-state index contributed by atoms with van der Waals surface area (Å²) in [5.74, 6) is -0.945. The van der Waals surface area contributed by atoms with Gasteiger partial charge in [-0.1, -0.05) is 20.8 Å². The molecule has 10 nitrogen and oxygen atoms in total. The molecule has 1 aliphatic heterocycles. The molecule has 2 amide bonds. The van der Waals surface area contributed by atoms with Gasteiger partial charge in [0.25, 0.3) is 11.5 Å². The monoisotopic (exact) mass is 484 g/mol. The van der Waals surface area contributed by atoms with E-state index in [1.165, 1.54) is 10.6 Å². The Hall–Kier alpha value is -3.14. The topological polar surface area (TPSA) is 112 Å². The highest BCUT2D eigenvalue weighted by molar-refractivity contribution is 5.97. The molecular weight excluding hydrogens is 448 g/mol. The molecule has 2 fully saturated rings. The number of aromatic hydroxyl groups is 1. The minimum atomic E-state index is -0.672. The molecule has 0 radical (unpaired) electrons. The van der Waals surface area contributed by atoms with Crippen LogP contribution in [-0.4, -0.2) is 79.2 Å². The molecule has 0 aromatic carbocycles. The number of carbonyl (C=O) groups is 2. The van der Waals surface area contributed by atoms with E-state index in [1.54, 1.807) is 17.6 Å². The van der Waals surface area contributed by atoms with Gasteiger partial charge < -0.3 is 15.3 Å². The van der Waals surface area contributed by atoms with Gasteiger partial charge in [-0.15, -0.1) is 0 Å². The largest absolute Gasteiger partial charge is 0.494 e. The Balaban J connectivity index is 1.74. The van der Waals surface area contributed by atoms with Crippen LogP contribution in [0.1, 0.15) is 62.2 Å². The van der Waals surface area contributed by atoms with E-state index in [0.29, 0.717) is 30.0 Å². The lowest BCUT2D eigenvalue weighted by Gasteiger charge is -2.39. The maximum atomic E-state index is 13.2. The summed E-state index contributed by atoms with van der Waals surface area (Å²) in [6, 6.07) is 0.141. The molecule has 0 unspecified atom stereocenters. The van der Waals surface area contributed by atoms with Gasteiger partial charge in [0.05, 0.1) is 5.69 Å². The summed E-state index contributed by atoms with van der Waals surface area (Å²) in [6.07, 6.45) is 4.91. The highest BCUT2D eigenvalue weighted by atomic mass is 16.3. The van der Waals surface area contributed by atoms with Crippen LogP contribution in [0.5, 0.6) is 5.88 Å². The van der Waals surface area contributed by atoms with Gasteiger partial charge in [-0.05, 0) is 45.2 Å². The van der Waals surface area contributed by atoms with Crippen molar-refractivity contribution in [2.24, 2.45) is 5.92 Å². The molecule has 1 saturated carbocycles. The van der Waals surface area contributed by atoms with Crippen molar-refractivity contribution in [3.8, 4) is 5.88 Å². The van der Waals surface area contributed by atoms with Crippen molar-refractivity contribution >= 4 is 23.5 Å². The Kier molecular flexibility index (Phi) is 7.02. The number of likely N-dealkylation sites (N-methyl/N-ethyl adjacent to an activating group) is 1. The van der Waals surface area contributed by atoms with Gasteiger partial charge in [0.15, 0.2) is 5.56 Å². The molecule has 1 aliphatic carbocycles. The number of amides is 2. The van der Waals surface area contributed by atoms with Gasteiger partial charge in [0.1, 0.15) is 5.65 Å². The number of rotatable bonds is 7. The van der Waals surface area contributed by atoms with Gasteiger partial charge >= 0.3 is 0 Å². The fourth-order valence-corrected chi connectivity index (χ4v) is 4.68. The van der Waals surface area contributed by atoms with Crippen LogP contribution in [-0.2, 0) is 11.3 Å². The maximum Gasteiger partial charge on any atom is 0.291 e. The molecule has 2 N–H and O–H groups in total. The van der Waals surface area contributed by atoms with Gasteiger partial charge in [0.2, 0.25) is 11.8 Å². The molecule has 2 aromatic rings. The van der Waals surface area contributed by atoms with E-state index in [4.69, 9.17) is 0 Å². The van der Waals surface area contributed by atoms with Crippen LogP contribution in [0.25, 0.3) is 11.7 Å². The Morgan fingerprint density at radius 2 is 1.97 bits per heavy atom. The smallest absolute Gasteiger partial charge is 0.291 e. The first-order valence-electron chi connectivity index (χ1n) is 12.5. The summed E-state index contributed by atoms with van der Waals surface area (Å²) in [5.41, 5.74) is 0.498. The summed E-state index contributed by atoms with van der Waals surface area (Å²) in [6.45, 7) is 13.5. The molecule has 35 heavy (non-hydrogen) atoms. The first-order chi connectivity index (χ1) is 16.6. The van der Waals surface area contributed by atoms with Gasteiger partial charge in [-0.3, -0.25) is 23.9 Å². The van der Waals surface area contributed by atoms with Crippen molar-refractivity contribution in [2.45, 2.75) is 66.1 Å². The molecule has 0 bridgehead atoms. The number of nitrogens with one attached hydrogen (secondary N) is 1. The summed E-state index contributed by atoms with van der Waals surface area (Å²) >= 11 is 0. The average molecular weight is 485 g/mol. The van der Waals surface area contributed by atoms with Crippen molar-refractivity contribution in [2.75, 3.05) is 26.2 Å². The zero-order valence-electron chi connectivity index (χ0n) is 21.2. The summed E-state index contributed by atoms with van der Waals surface area (Å²) in [5, 5.41) is 18.3. The predicted octanol–water partition coefficient (Wildman–Crippen LogP) is 1.62. The molecule has 1 atom stereocenters. The summed E-state index contributed by atoms with van der Waals surface area (Å²) < 4.78 is 2.73. The van der Waals surface area contributed by atoms with Gasteiger partial charge in [0, 0.05) is 49.9 Å². The zero-order chi connectivity index (χ0) is 25.4. The number of hydrogen-bond donors (Lipinski definition) is 2. The van der Waals surface area contributed by atoms with Crippen LogP contribution in [0.2, 0.25) is 0 Å². The number of piperazine rings is 1. The number of aryl methyl sites for hydroxylation is 1. The quantitative estimate of drug-likeness (QED) is 0.578. The third-order valence-corrected chi connectivity index (χ3v) is 6.74. The average Bonchev–Trinajstić information content (AvgIpc) is 3.55. The highest BCUT2D eigenvalue weighted by Crippen LogP contribution is 2.26. The number of hydrogen-bond acceptors (Lipinski definition) is 6. The van der Waals surface area contributed by atoms with E-state index in [-0.39, 0.29) is 35.4 Å². The van der Waals surface area contributed by atoms with E-state index in [2.05, 4.69) is 22.2 Å². The number of nitrogens with zero attached hydrogens (tertiary/aromatic N) is 5. The maximum absolute atomic E-state index is 13.2. The van der Waals surface area contributed by atoms with Crippen LogP contribution < -0.4 is 10.9 Å². The third kappa shape index (κ3) is 4.98. The first kappa shape index (κ1) is 25.0. The third-order valence-electron chi connectivity index (χ3n) is 6.74. The number of fused-ring (bicyclic) bond motifs is 1. The number of aromatic nitrogens is 3. The predicted molar refractivity (Wildman–Crippen MR) is 134 cm³/mol. The lowest BCUT2D eigenvalue weighted by molar-refractivity contribution is -0.130. The summed E-state index contributed by atoms with van der Waals surface area (Å²) in [4.78, 5) is 43.2. The van der Waals surface area contributed by atoms with Crippen LogP contribution in [0.15, 0.2) is 10.9 Å². The van der Waals surface area contributed by atoms with E-state index >= 15 is 0 Å². The second kappa shape index (κ2) is 9.85. The zero-order valence-corrected chi connectivity index (χ0v) is 21.2. The fourth-order valence-electron chi connectivity index (χ4n) is 4.68. The molecule has 190 valence electrons. The molecule has 2 aromatic heterocycles. The Morgan fingerprint density at radius 3 is 2.57 bits per heavy atom. The molecule has 0 spiro atoms. The molecule has 1 saturated heterocycles. The van der Waals surface area contributed by atoms with Crippen LogP contribution >= 0.6 is 0 Å². The molecular formula is C25H36N6O4. The van der Waals surface area contributed by atoms with Crippen LogP contribution in [0, 0.1) is 12.8 Å². The number of carbonyl (C=O) groups excluding carboxylic acids is 2. The van der Waals surface area contributed by atoms with E-state index in [1.807, 2.05) is 25.7 Å². The fraction of sp³-hybridized carbons (Fsp3) is 0.600. The normalized spacial score (nSPS) is 19.3. The second-order valence-corrected chi connectivity index (χ2v) is 10.1. The minimum Gasteiger partial charge on any atom is -0.494 e. The van der Waals surface area contributed by atoms with Crippen LogP contribution in [0.3, 0.4) is 0 Å². The van der Waals surface area contributed by atoms with E-state index < -0.39 is 11.5 Å². The summed E-state index contributed by atoms with van der Waals surface area (Å²) in [7, 11) is 0. The van der Waals surface area contributed by atoms with Crippen molar-refractivity contribution in [3.05, 3.63) is 33.3 Å². The second-order valence-electron chi connectivity index (χ2n) is 10.1. The Morgan fingerprint density at radius 1 is 1.26 bits per heavy atom. The van der Waals surface area contributed by atoms with Gasteiger partial charge in [-0.2, -0.15) is 9.61 Å². The van der Waals surface area contributed by atoms with Crippen molar-refractivity contribution < 1.29 is 14.7 Å². The van der Waals surface area contributed by atoms with Crippen molar-refractivity contribution in [1.82, 2.24) is 29.3 Å². The first-order valence-corrected chi connectivity index (χ1v) is 12.5. The minimum absolute atomic E-state index is 0.0426. The lowest BCUT2D eigenvalue weighted by atomic mass is 10.1. The van der Waals surface area contributed by atoms with Crippen molar-refractivity contribution in [1.29, 1.82) is 0 Å². The molecule has 2 aliphatic rings. The van der Waals surface area contributed by atoms with Crippen molar-refractivity contribution in [3.63, 3.8) is 0 Å². The van der Waals surface area contributed by atoms with Crippen LogP contribution in [0.4, 0.5) is 0 Å². The van der Waals surface area contributed by atoms with Gasteiger partial charge in [-0.25, -0.2) is 0 Å². The standard InChI is InChI=1S/C25H36N6O4/c1-6-28-11-12-29(16(4)14-28)20(32)10-9-19-17(5)27-31-23(19)30(13-15(2)3)24(34)21(25(31)35)22(33)26-18-7-8-18/h9-10,15-16,18,34H,6-8,11-14H2,1-5H3,(H,26,33)/b10-9+/t16-/m1/s1. The Bertz CT molecular complexity index is 1220. The molecule has 3 heterocycles. The highest BCUT2D eigenvalue weighted by Gasteiger charge is 2.30. The SMILES string of the molecule is CCN1CCN(C(=O)/C=C/c2c(C)nn3c(=O)c(C(=O)NC4CC4)c(O)n(CC(C)C)c23)[C@H](C)C1. The molecule has 4 rings (SSSR count). The Labute approximate surface area is 205 Å². The molecule has 10 heteroatoms. The lowest BCUT2D eigenvalue weighted by Crippen LogP contribution is -2.53. The van der Waals surface area contributed by atoms with E-state index in [0.717, 1.165) is 32.5 Å². The van der Waals surface area contributed by atoms with E-state index in [9.17, 15) is 19.5 Å².